The Morgan fingerprint density at radius 3 is 2.95 bits per heavy atom. The largest absolute Gasteiger partial charge is 0.399 e. The van der Waals surface area contributed by atoms with Gasteiger partial charge in [0, 0.05) is 22.8 Å². The molecule has 0 spiro atoms. The van der Waals surface area contributed by atoms with Gasteiger partial charge in [0.25, 0.3) is 5.91 Å². The van der Waals surface area contributed by atoms with Gasteiger partial charge in [0.05, 0.1) is 9.35 Å². The smallest absolute Gasteiger partial charge is 0.259 e. The first kappa shape index (κ1) is 12.7. The van der Waals surface area contributed by atoms with Crippen LogP contribution >= 0.6 is 27.3 Å². The van der Waals surface area contributed by atoms with E-state index in [2.05, 4.69) is 22.9 Å². The minimum atomic E-state index is 0.0537. The summed E-state index contributed by atoms with van der Waals surface area (Å²) in [6.45, 7) is 2.06. The Bertz CT molecular complexity index is 653. The van der Waals surface area contributed by atoms with Gasteiger partial charge in [0.2, 0.25) is 0 Å². The van der Waals surface area contributed by atoms with Crippen molar-refractivity contribution in [2.45, 2.75) is 19.4 Å². The average molecular weight is 337 g/mol. The first-order valence-corrected chi connectivity index (χ1v) is 7.69. The molecule has 0 saturated heterocycles. The second-order valence-corrected chi connectivity index (χ2v) is 7.05. The summed E-state index contributed by atoms with van der Waals surface area (Å²) in [5, 5.41) is 1.88. The Kier molecular flexibility index (Phi) is 3.11. The molecule has 5 heteroatoms. The number of hydrogen-bond donors (Lipinski definition) is 1. The second-order valence-electron chi connectivity index (χ2n) is 4.76. The summed E-state index contributed by atoms with van der Waals surface area (Å²) in [5.41, 5.74) is 9.41. The zero-order chi connectivity index (χ0) is 13.6. The molecule has 1 atom stereocenters. The van der Waals surface area contributed by atoms with Gasteiger partial charge in [-0.25, -0.2) is 0 Å². The lowest BCUT2D eigenvalue weighted by atomic mass is 10.1. The number of amides is 1. The highest BCUT2D eigenvalue weighted by Gasteiger charge is 2.31. The summed E-state index contributed by atoms with van der Waals surface area (Å²) < 4.78 is 0.972. The van der Waals surface area contributed by atoms with Crippen LogP contribution in [0.5, 0.6) is 0 Å². The van der Waals surface area contributed by atoms with E-state index in [4.69, 9.17) is 5.73 Å². The maximum absolute atomic E-state index is 12.6. The van der Waals surface area contributed by atoms with Crippen molar-refractivity contribution in [2.24, 2.45) is 0 Å². The normalized spacial score (nSPS) is 17.6. The molecule has 0 fully saturated rings. The minimum absolute atomic E-state index is 0.0537. The third kappa shape index (κ3) is 2.17. The number of nitrogens with zero attached hydrogens (tertiary/aromatic N) is 1. The number of hydrogen-bond acceptors (Lipinski definition) is 3. The summed E-state index contributed by atoms with van der Waals surface area (Å²) in [6.07, 6.45) is 0.859. The Morgan fingerprint density at radius 1 is 1.47 bits per heavy atom. The van der Waals surface area contributed by atoms with Crippen LogP contribution in [0, 0.1) is 0 Å². The summed E-state index contributed by atoms with van der Waals surface area (Å²) >= 11 is 4.92. The molecular formula is C14H13BrN2OS. The SMILES string of the molecule is CC1Cc2cc(N)ccc2N1C(=O)c1csc(Br)c1. The minimum Gasteiger partial charge on any atom is -0.399 e. The Labute approximate surface area is 124 Å². The second kappa shape index (κ2) is 4.65. The van der Waals surface area contributed by atoms with Crippen LogP contribution in [0.15, 0.2) is 33.4 Å². The van der Waals surface area contributed by atoms with Crippen LogP contribution in [0.3, 0.4) is 0 Å². The predicted molar refractivity (Wildman–Crippen MR) is 82.8 cm³/mol. The molecule has 0 aliphatic carbocycles. The monoisotopic (exact) mass is 336 g/mol. The summed E-state index contributed by atoms with van der Waals surface area (Å²) in [6, 6.07) is 7.79. The number of halogens is 1. The molecule has 3 rings (SSSR count). The molecule has 2 heterocycles. The van der Waals surface area contributed by atoms with Crippen molar-refractivity contribution in [3.8, 4) is 0 Å². The third-order valence-electron chi connectivity index (χ3n) is 3.35. The van der Waals surface area contributed by atoms with E-state index in [9.17, 15) is 4.79 Å². The molecule has 1 unspecified atom stereocenters. The molecular weight excluding hydrogens is 324 g/mol. The van der Waals surface area contributed by atoms with Crippen molar-refractivity contribution in [3.05, 3.63) is 44.6 Å². The van der Waals surface area contributed by atoms with E-state index in [1.54, 1.807) is 0 Å². The lowest BCUT2D eigenvalue weighted by Gasteiger charge is -2.22. The first-order valence-electron chi connectivity index (χ1n) is 6.02. The fraction of sp³-hybridized carbons (Fsp3) is 0.214. The van der Waals surface area contributed by atoms with E-state index in [0.717, 1.165) is 32.7 Å². The van der Waals surface area contributed by atoms with Gasteiger partial charge in [-0.3, -0.25) is 4.79 Å². The molecule has 1 aromatic heterocycles. The number of carbonyl (C=O) groups excluding carboxylic acids is 1. The van der Waals surface area contributed by atoms with Crippen LogP contribution in [-0.4, -0.2) is 11.9 Å². The van der Waals surface area contributed by atoms with Crippen molar-refractivity contribution in [3.63, 3.8) is 0 Å². The molecule has 3 nitrogen and oxygen atoms in total. The van der Waals surface area contributed by atoms with E-state index >= 15 is 0 Å². The quantitative estimate of drug-likeness (QED) is 0.807. The number of anilines is 2. The zero-order valence-corrected chi connectivity index (χ0v) is 12.8. The van der Waals surface area contributed by atoms with Crippen LogP contribution in [-0.2, 0) is 6.42 Å². The van der Waals surface area contributed by atoms with Crippen LogP contribution in [0.2, 0.25) is 0 Å². The van der Waals surface area contributed by atoms with Gasteiger partial charge in [-0.15, -0.1) is 11.3 Å². The summed E-state index contributed by atoms with van der Waals surface area (Å²) in [7, 11) is 0. The zero-order valence-electron chi connectivity index (χ0n) is 10.4. The van der Waals surface area contributed by atoms with Crippen molar-refractivity contribution < 1.29 is 4.79 Å². The number of fused-ring (bicyclic) bond motifs is 1. The average Bonchev–Trinajstić information content (AvgIpc) is 2.91. The number of nitrogens with two attached hydrogens (primary N) is 1. The number of carbonyl (C=O) groups is 1. The van der Waals surface area contributed by atoms with Crippen molar-refractivity contribution in [1.29, 1.82) is 0 Å². The van der Waals surface area contributed by atoms with E-state index in [1.807, 2.05) is 34.5 Å². The number of benzene rings is 1. The van der Waals surface area contributed by atoms with Gasteiger partial charge in [0.15, 0.2) is 0 Å². The van der Waals surface area contributed by atoms with Crippen LogP contribution in [0.25, 0.3) is 0 Å². The molecule has 0 radical (unpaired) electrons. The van der Waals surface area contributed by atoms with E-state index in [0.29, 0.717) is 0 Å². The first-order chi connectivity index (χ1) is 9.06. The summed E-state index contributed by atoms with van der Waals surface area (Å²) in [5.74, 6) is 0.0537. The number of nitrogen functional groups attached to an aromatic ring is 1. The van der Waals surface area contributed by atoms with Crippen LogP contribution < -0.4 is 10.6 Å². The van der Waals surface area contributed by atoms with E-state index < -0.39 is 0 Å². The fourth-order valence-electron chi connectivity index (χ4n) is 2.52. The van der Waals surface area contributed by atoms with Crippen molar-refractivity contribution in [1.82, 2.24) is 0 Å². The fourth-order valence-corrected chi connectivity index (χ4v) is 3.65. The third-order valence-corrected chi connectivity index (χ3v) is 4.86. The highest BCUT2D eigenvalue weighted by Crippen LogP contribution is 2.35. The molecule has 1 aromatic carbocycles. The maximum atomic E-state index is 12.6. The molecule has 19 heavy (non-hydrogen) atoms. The van der Waals surface area contributed by atoms with Crippen molar-refractivity contribution in [2.75, 3.05) is 10.6 Å². The maximum Gasteiger partial charge on any atom is 0.259 e. The van der Waals surface area contributed by atoms with E-state index in [1.165, 1.54) is 11.3 Å². The number of rotatable bonds is 1. The molecule has 1 amide bonds. The van der Waals surface area contributed by atoms with Gasteiger partial charge in [-0.1, -0.05) is 0 Å². The lowest BCUT2D eigenvalue weighted by Crippen LogP contribution is -2.35. The van der Waals surface area contributed by atoms with Gasteiger partial charge >= 0.3 is 0 Å². The molecule has 1 aliphatic heterocycles. The Hall–Kier alpha value is -1.33. The molecule has 0 bridgehead atoms. The van der Waals surface area contributed by atoms with Gasteiger partial charge < -0.3 is 10.6 Å². The highest BCUT2D eigenvalue weighted by molar-refractivity contribution is 9.11. The van der Waals surface area contributed by atoms with Crippen LogP contribution in [0.1, 0.15) is 22.8 Å². The van der Waals surface area contributed by atoms with Crippen LogP contribution in [0.4, 0.5) is 11.4 Å². The predicted octanol–water partition coefficient (Wildman–Crippen LogP) is 3.68. The highest BCUT2D eigenvalue weighted by atomic mass is 79.9. The molecule has 0 saturated carbocycles. The number of thiophene rings is 1. The van der Waals surface area contributed by atoms with Gasteiger partial charge in [0.1, 0.15) is 0 Å². The van der Waals surface area contributed by atoms with Gasteiger partial charge in [-0.2, -0.15) is 0 Å². The Balaban J connectivity index is 2.00. The Morgan fingerprint density at radius 2 is 2.26 bits per heavy atom. The van der Waals surface area contributed by atoms with E-state index in [-0.39, 0.29) is 11.9 Å². The topological polar surface area (TPSA) is 46.3 Å². The molecule has 1 aliphatic rings. The molecule has 2 aromatic rings. The van der Waals surface area contributed by atoms with Gasteiger partial charge in [-0.05, 0) is 59.1 Å². The summed E-state index contributed by atoms with van der Waals surface area (Å²) in [4.78, 5) is 14.5. The van der Waals surface area contributed by atoms with Crippen molar-refractivity contribution >= 4 is 44.5 Å². The standard InChI is InChI=1S/C14H13BrN2OS/c1-8-4-9-5-11(16)2-3-12(9)17(8)14(18)10-6-13(15)19-7-10/h2-3,5-8H,4,16H2,1H3. The lowest BCUT2D eigenvalue weighted by molar-refractivity contribution is 0.0982. The molecule has 2 N–H and O–H groups in total. The molecule has 98 valence electrons.